The molecule has 0 spiro atoms. The Hall–Kier alpha value is -1.51. The van der Waals surface area contributed by atoms with Gasteiger partial charge >= 0.3 is 6.03 Å². The number of urea groups is 1. The lowest BCUT2D eigenvalue weighted by Gasteiger charge is -2.22. The summed E-state index contributed by atoms with van der Waals surface area (Å²) in [5.74, 6) is 0. The van der Waals surface area contributed by atoms with Crippen molar-refractivity contribution in [1.82, 2.24) is 15.5 Å². The molecule has 0 radical (unpaired) electrons. The van der Waals surface area contributed by atoms with E-state index in [1.807, 2.05) is 16.8 Å². The van der Waals surface area contributed by atoms with Gasteiger partial charge in [-0.05, 0) is 35.7 Å². The number of carbonyl (C=O) groups excluding carboxylic acids is 1. The van der Waals surface area contributed by atoms with E-state index in [0.29, 0.717) is 5.13 Å². The number of carbonyl (C=O) groups is 1. The molecular formula is C13H18N4O2S2. The molecule has 2 aromatic heterocycles. The van der Waals surface area contributed by atoms with Gasteiger partial charge in [-0.3, -0.25) is 5.32 Å². The number of nitrogens with one attached hydrogen (secondary N) is 2. The third-order valence-electron chi connectivity index (χ3n) is 2.89. The summed E-state index contributed by atoms with van der Waals surface area (Å²) in [7, 11) is 0. The van der Waals surface area contributed by atoms with Gasteiger partial charge in [-0.1, -0.05) is 18.3 Å². The molecule has 0 aliphatic carbocycles. The van der Waals surface area contributed by atoms with Crippen molar-refractivity contribution in [1.29, 1.82) is 0 Å². The van der Waals surface area contributed by atoms with E-state index >= 15 is 0 Å². The summed E-state index contributed by atoms with van der Waals surface area (Å²) in [4.78, 5) is 11.8. The highest BCUT2D eigenvalue weighted by atomic mass is 32.1. The number of aromatic nitrogens is 2. The Morgan fingerprint density at radius 2 is 2.29 bits per heavy atom. The molecule has 2 rings (SSSR count). The van der Waals surface area contributed by atoms with Crippen molar-refractivity contribution >= 4 is 33.8 Å². The number of aryl methyl sites for hydroxylation is 1. The summed E-state index contributed by atoms with van der Waals surface area (Å²) in [6, 6.07) is 1.44. The zero-order valence-corrected chi connectivity index (χ0v) is 13.6. The minimum atomic E-state index is -1.09. The van der Waals surface area contributed by atoms with Gasteiger partial charge in [0.1, 0.15) is 10.6 Å². The van der Waals surface area contributed by atoms with Crippen LogP contribution in [-0.2, 0) is 12.0 Å². The SMILES string of the molecule is CCCc1nnc(NC(=O)NCC(C)(O)c2ccsc2)s1. The summed E-state index contributed by atoms with van der Waals surface area (Å²) >= 11 is 2.87. The molecule has 0 fully saturated rings. The van der Waals surface area contributed by atoms with Crippen LogP contribution in [0.3, 0.4) is 0 Å². The molecule has 1 unspecified atom stereocenters. The molecule has 0 aliphatic rings. The number of amides is 2. The Bertz CT molecular complexity index is 581. The van der Waals surface area contributed by atoms with Gasteiger partial charge in [-0.2, -0.15) is 11.3 Å². The van der Waals surface area contributed by atoms with Crippen LogP contribution >= 0.6 is 22.7 Å². The zero-order chi connectivity index (χ0) is 15.3. The van der Waals surface area contributed by atoms with Gasteiger partial charge < -0.3 is 10.4 Å². The summed E-state index contributed by atoms with van der Waals surface area (Å²) in [6.45, 7) is 3.85. The van der Waals surface area contributed by atoms with Crippen LogP contribution in [0.5, 0.6) is 0 Å². The number of nitrogens with zero attached hydrogens (tertiary/aromatic N) is 2. The molecule has 1 atom stereocenters. The fourth-order valence-corrected chi connectivity index (χ4v) is 3.30. The van der Waals surface area contributed by atoms with E-state index in [2.05, 4.69) is 27.8 Å². The van der Waals surface area contributed by atoms with E-state index in [9.17, 15) is 9.90 Å². The Labute approximate surface area is 131 Å². The second kappa shape index (κ2) is 6.97. The normalized spacial score (nSPS) is 13.7. The molecule has 2 heterocycles. The van der Waals surface area contributed by atoms with Crippen molar-refractivity contribution in [2.24, 2.45) is 0 Å². The van der Waals surface area contributed by atoms with Crippen LogP contribution in [0.15, 0.2) is 16.8 Å². The molecule has 6 nitrogen and oxygen atoms in total. The molecule has 0 saturated heterocycles. The maximum Gasteiger partial charge on any atom is 0.321 e. The molecule has 21 heavy (non-hydrogen) atoms. The van der Waals surface area contributed by atoms with E-state index < -0.39 is 11.6 Å². The first kappa shape index (κ1) is 15.9. The van der Waals surface area contributed by atoms with Crippen LogP contribution in [0.4, 0.5) is 9.93 Å². The standard InChI is InChI=1S/C13H18N4O2S2/c1-3-4-10-16-17-12(21-10)15-11(18)14-8-13(2,19)9-5-6-20-7-9/h5-7,19H,3-4,8H2,1-2H3,(H2,14,15,17,18). The number of aliphatic hydroxyl groups is 1. The van der Waals surface area contributed by atoms with Crippen molar-refractivity contribution in [2.75, 3.05) is 11.9 Å². The van der Waals surface area contributed by atoms with Gasteiger partial charge in [-0.15, -0.1) is 10.2 Å². The highest BCUT2D eigenvalue weighted by Gasteiger charge is 2.24. The van der Waals surface area contributed by atoms with Crippen molar-refractivity contribution in [2.45, 2.75) is 32.3 Å². The maximum absolute atomic E-state index is 11.8. The van der Waals surface area contributed by atoms with Gasteiger partial charge in [-0.25, -0.2) is 4.79 Å². The Morgan fingerprint density at radius 1 is 1.48 bits per heavy atom. The first-order chi connectivity index (χ1) is 10.0. The topological polar surface area (TPSA) is 87.1 Å². The smallest absolute Gasteiger partial charge is 0.321 e. The summed E-state index contributed by atoms with van der Waals surface area (Å²) in [5.41, 5.74) is -0.305. The molecule has 3 N–H and O–H groups in total. The average Bonchev–Trinajstić information content (AvgIpc) is 3.09. The molecule has 0 aromatic carbocycles. The molecule has 0 saturated carbocycles. The number of hydrogen-bond acceptors (Lipinski definition) is 6. The minimum absolute atomic E-state index is 0.121. The summed E-state index contributed by atoms with van der Waals surface area (Å²) < 4.78 is 0. The predicted octanol–water partition coefficient (Wildman–Crippen LogP) is 2.58. The van der Waals surface area contributed by atoms with Crippen LogP contribution in [0.25, 0.3) is 0 Å². The van der Waals surface area contributed by atoms with Gasteiger partial charge in [0.15, 0.2) is 0 Å². The largest absolute Gasteiger partial charge is 0.384 e. The van der Waals surface area contributed by atoms with Gasteiger partial charge in [0.2, 0.25) is 5.13 Å². The molecule has 8 heteroatoms. The average molecular weight is 326 g/mol. The molecule has 0 aliphatic heterocycles. The molecule has 2 amide bonds. The summed E-state index contributed by atoms with van der Waals surface area (Å²) in [6.07, 6.45) is 1.85. The monoisotopic (exact) mass is 326 g/mol. The van der Waals surface area contributed by atoms with Crippen LogP contribution in [-0.4, -0.2) is 27.9 Å². The Kier molecular flexibility index (Phi) is 5.27. The highest BCUT2D eigenvalue weighted by molar-refractivity contribution is 7.15. The molecule has 114 valence electrons. The second-order valence-corrected chi connectivity index (χ2v) is 6.69. The number of anilines is 1. The number of hydrogen-bond donors (Lipinski definition) is 3. The predicted molar refractivity (Wildman–Crippen MR) is 84.8 cm³/mol. The first-order valence-electron chi connectivity index (χ1n) is 6.63. The van der Waals surface area contributed by atoms with Gasteiger partial charge in [0.05, 0.1) is 6.54 Å². The quantitative estimate of drug-likeness (QED) is 0.761. The third kappa shape index (κ3) is 4.48. The number of rotatable bonds is 6. The number of thiophene rings is 1. The Morgan fingerprint density at radius 3 is 2.95 bits per heavy atom. The van der Waals surface area contributed by atoms with Crippen LogP contribution in [0, 0.1) is 0 Å². The fourth-order valence-electron chi connectivity index (χ4n) is 1.69. The fraction of sp³-hybridized carbons (Fsp3) is 0.462. The maximum atomic E-state index is 11.8. The van der Waals surface area contributed by atoms with Crippen LogP contribution < -0.4 is 10.6 Å². The zero-order valence-electron chi connectivity index (χ0n) is 11.9. The van der Waals surface area contributed by atoms with Crippen molar-refractivity contribution in [3.63, 3.8) is 0 Å². The van der Waals surface area contributed by atoms with E-state index in [0.717, 1.165) is 23.4 Å². The van der Waals surface area contributed by atoms with Crippen LogP contribution in [0.1, 0.15) is 30.8 Å². The van der Waals surface area contributed by atoms with E-state index in [1.54, 1.807) is 6.92 Å². The van der Waals surface area contributed by atoms with E-state index in [-0.39, 0.29) is 6.54 Å². The van der Waals surface area contributed by atoms with Crippen molar-refractivity contribution < 1.29 is 9.90 Å². The van der Waals surface area contributed by atoms with Gasteiger partial charge in [0, 0.05) is 6.42 Å². The molecule has 0 bridgehead atoms. The third-order valence-corrected chi connectivity index (χ3v) is 4.47. The van der Waals surface area contributed by atoms with E-state index in [4.69, 9.17) is 0 Å². The highest BCUT2D eigenvalue weighted by Crippen LogP contribution is 2.22. The molecular weight excluding hydrogens is 308 g/mol. The lowest BCUT2D eigenvalue weighted by molar-refractivity contribution is 0.0604. The lowest BCUT2D eigenvalue weighted by atomic mass is 9.99. The summed E-state index contributed by atoms with van der Waals surface area (Å²) in [5, 5.41) is 28.6. The Balaban J connectivity index is 1.84. The van der Waals surface area contributed by atoms with E-state index in [1.165, 1.54) is 22.7 Å². The first-order valence-corrected chi connectivity index (χ1v) is 8.39. The molecule has 2 aromatic rings. The second-order valence-electron chi connectivity index (χ2n) is 4.84. The van der Waals surface area contributed by atoms with Crippen molar-refractivity contribution in [3.8, 4) is 0 Å². The lowest BCUT2D eigenvalue weighted by Crippen LogP contribution is -2.40. The minimum Gasteiger partial charge on any atom is -0.384 e. The van der Waals surface area contributed by atoms with Crippen molar-refractivity contribution in [3.05, 3.63) is 27.4 Å². The van der Waals surface area contributed by atoms with Crippen LogP contribution in [0.2, 0.25) is 0 Å². The van der Waals surface area contributed by atoms with Gasteiger partial charge in [0.25, 0.3) is 0 Å².